The van der Waals surface area contributed by atoms with Crippen LogP contribution in [0.3, 0.4) is 0 Å². The summed E-state index contributed by atoms with van der Waals surface area (Å²) in [5, 5.41) is 15.5. The summed E-state index contributed by atoms with van der Waals surface area (Å²) in [7, 11) is 0. The van der Waals surface area contributed by atoms with E-state index >= 15 is 0 Å². The lowest BCUT2D eigenvalue weighted by Crippen LogP contribution is -2.43. The van der Waals surface area contributed by atoms with Crippen molar-refractivity contribution in [2.75, 3.05) is 17.2 Å². The Kier molecular flexibility index (Phi) is 5.83. The lowest BCUT2D eigenvalue weighted by Gasteiger charge is -2.31. The van der Waals surface area contributed by atoms with E-state index in [1.54, 1.807) is 48.9 Å². The number of carbonyl (C=O) groups excluding carboxylic acids is 2. The highest BCUT2D eigenvalue weighted by molar-refractivity contribution is 5.96. The predicted octanol–water partition coefficient (Wildman–Crippen LogP) is 3.64. The second kappa shape index (κ2) is 9.09. The van der Waals surface area contributed by atoms with Gasteiger partial charge in [-0.05, 0) is 49.9 Å². The van der Waals surface area contributed by atoms with Crippen molar-refractivity contribution in [1.29, 1.82) is 0 Å². The molecular weight excluding hydrogens is 432 g/mol. The predicted molar refractivity (Wildman–Crippen MR) is 127 cm³/mol. The first kappa shape index (κ1) is 21.8. The van der Waals surface area contributed by atoms with Gasteiger partial charge in [0, 0.05) is 42.9 Å². The van der Waals surface area contributed by atoms with Crippen LogP contribution in [0.25, 0.3) is 11.1 Å². The quantitative estimate of drug-likeness (QED) is 0.516. The highest BCUT2D eigenvalue weighted by atomic mass is 16.3. The van der Waals surface area contributed by atoms with Gasteiger partial charge < -0.3 is 20.6 Å². The lowest BCUT2D eigenvalue weighted by molar-refractivity contribution is -0.139. The summed E-state index contributed by atoms with van der Waals surface area (Å²) in [6, 6.07) is 9.00. The topological polar surface area (TPSA) is 120 Å². The van der Waals surface area contributed by atoms with Gasteiger partial charge in [0.1, 0.15) is 5.75 Å². The van der Waals surface area contributed by atoms with Crippen LogP contribution in [-0.4, -0.2) is 49.4 Å². The van der Waals surface area contributed by atoms with Crippen molar-refractivity contribution in [3.05, 3.63) is 54.6 Å². The Morgan fingerprint density at radius 1 is 1.03 bits per heavy atom. The fourth-order valence-corrected chi connectivity index (χ4v) is 4.13. The Morgan fingerprint density at radius 2 is 1.76 bits per heavy atom. The van der Waals surface area contributed by atoms with Crippen molar-refractivity contribution >= 4 is 29.1 Å². The molecule has 2 amide bonds. The summed E-state index contributed by atoms with van der Waals surface area (Å²) in [6.07, 6.45) is 8.13. The lowest BCUT2D eigenvalue weighted by atomic mass is 9.95. The zero-order valence-corrected chi connectivity index (χ0v) is 18.9. The number of rotatable bonds is 6. The summed E-state index contributed by atoms with van der Waals surface area (Å²) >= 11 is 0. The smallest absolute Gasteiger partial charge is 0.228 e. The molecule has 3 aromatic rings. The molecule has 1 atom stereocenters. The molecule has 9 heteroatoms. The van der Waals surface area contributed by atoms with Crippen LogP contribution < -0.4 is 10.6 Å². The zero-order chi connectivity index (χ0) is 23.7. The largest absolute Gasteiger partial charge is 0.508 e. The van der Waals surface area contributed by atoms with Crippen LogP contribution in [0, 0.1) is 12.8 Å². The van der Waals surface area contributed by atoms with E-state index in [2.05, 4.69) is 25.6 Å². The second-order valence-electron chi connectivity index (χ2n) is 8.82. The number of piperidine rings is 1. The van der Waals surface area contributed by atoms with Gasteiger partial charge in [0.25, 0.3) is 0 Å². The molecule has 34 heavy (non-hydrogen) atoms. The van der Waals surface area contributed by atoms with Gasteiger partial charge in [0.15, 0.2) is 0 Å². The van der Waals surface area contributed by atoms with Crippen LogP contribution in [-0.2, 0) is 9.59 Å². The Balaban J connectivity index is 1.23. The number of nitrogens with one attached hydrogen (secondary N) is 2. The first-order valence-corrected chi connectivity index (χ1v) is 11.4. The molecule has 1 aliphatic heterocycles. The fraction of sp³-hybridized carbons (Fsp3) is 0.320. The molecular formula is C25H26N6O3. The number of anilines is 3. The average Bonchev–Trinajstić information content (AvgIpc) is 3.67. The number of amides is 2. The number of aryl methyl sites for hydroxylation is 1. The minimum atomic E-state index is -0.325. The van der Waals surface area contributed by atoms with Crippen molar-refractivity contribution < 1.29 is 14.7 Å². The minimum absolute atomic E-state index is 0.0760. The van der Waals surface area contributed by atoms with E-state index in [1.807, 2.05) is 11.8 Å². The summed E-state index contributed by atoms with van der Waals surface area (Å²) in [6.45, 7) is 2.47. The van der Waals surface area contributed by atoms with E-state index in [1.165, 1.54) is 0 Å². The average molecular weight is 459 g/mol. The van der Waals surface area contributed by atoms with E-state index in [-0.39, 0.29) is 29.9 Å². The van der Waals surface area contributed by atoms with Crippen LogP contribution >= 0.6 is 0 Å². The Labute approximate surface area is 197 Å². The van der Waals surface area contributed by atoms with E-state index in [4.69, 9.17) is 0 Å². The monoisotopic (exact) mass is 458 g/mol. The summed E-state index contributed by atoms with van der Waals surface area (Å²) < 4.78 is 0. The highest BCUT2D eigenvalue weighted by Gasteiger charge is 2.38. The van der Waals surface area contributed by atoms with Crippen LogP contribution in [0.4, 0.5) is 17.3 Å². The molecule has 3 N–H and O–H groups in total. The van der Waals surface area contributed by atoms with Gasteiger partial charge in [0.2, 0.25) is 17.8 Å². The van der Waals surface area contributed by atoms with Gasteiger partial charge in [-0.25, -0.2) is 9.97 Å². The number of benzene rings is 1. The molecule has 2 aliphatic rings. The van der Waals surface area contributed by atoms with Crippen molar-refractivity contribution in [3.8, 4) is 16.9 Å². The molecule has 1 saturated carbocycles. The van der Waals surface area contributed by atoms with Crippen molar-refractivity contribution in [2.24, 2.45) is 5.92 Å². The number of pyridine rings is 1. The Morgan fingerprint density at radius 3 is 2.44 bits per heavy atom. The second-order valence-corrected chi connectivity index (χ2v) is 8.82. The van der Waals surface area contributed by atoms with Crippen molar-refractivity contribution in [1.82, 2.24) is 19.9 Å². The van der Waals surface area contributed by atoms with Crippen LogP contribution in [0.2, 0.25) is 0 Å². The molecule has 1 saturated heterocycles. The SMILES string of the molecule is Cc1ncc(Nc2ncc(-c3ccc(O)cc3)cn2)cc1NC(=O)C1CCN(C2CC2)C(=O)C1. The molecule has 3 heterocycles. The maximum absolute atomic E-state index is 12.8. The standard InChI is InChI=1S/C25H26N6O3/c1-15-22(30-24(34)17-8-9-31(20-4-5-20)23(33)10-17)11-19(14-26-15)29-25-27-12-18(13-28-25)16-2-6-21(32)7-3-16/h2-3,6-7,11-14,17,20,32H,4-5,8-10H2,1H3,(H,30,34)(H,27,28,29). The van der Waals surface area contributed by atoms with Crippen LogP contribution in [0.1, 0.15) is 31.4 Å². The van der Waals surface area contributed by atoms with E-state index in [0.717, 1.165) is 24.0 Å². The molecule has 1 aliphatic carbocycles. The number of aromatic nitrogens is 3. The molecule has 9 nitrogen and oxygen atoms in total. The third-order valence-corrected chi connectivity index (χ3v) is 6.27. The van der Waals surface area contributed by atoms with Crippen LogP contribution in [0.5, 0.6) is 5.75 Å². The van der Waals surface area contributed by atoms with E-state index in [9.17, 15) is 14.7 Å². The van der Waals surface area contributed by atoms with Gasteiger partial charge in [-0.1, -0.05) is 12.1 Å². The number of phenols is 1. The first-order valence-electron chi connectivity index (χ1n) is 11.4. The maximum atomic E-state index is 12.8. The molecule has 5 rings (SSSR count). The van der Waals surface area contributed by atoms with Gasteiger partial charge >= 0.3 is 0 Å². The number of nitrogens with zero attached hydrogens (tertiary/aromatic N) is 4. The number of hydrogen-bond acceptors (Lipinski definition) is 7. The molecule has 2 fully saturated rings. The first-order chi connectivity index (χ1) is 16.5. The molecule has 174 valence electrons. The summed E-state index contributed by atoms with van der Waals surface area (Å²) in [5.74, 6) is 0.193. The van der Waals surface area contributed by atoms with E-state index < -0.39 is 0 Å². The summed E-state index contributed by atoms with van der Waals surface area (Å²) in [5.41, 5.74) is 3.63. The number of likely N-dealkylation sites (tertiary alicyclic amines) is 1. The third-order valence-electron chi connectivity index (χ3n) is 6.27. The maximum Gasteiger partial charge on any atom is 0.228 e. The molecule has 1 aromatic carbocycles. The molecule has 1 unspecified atom stereocenters. The Bertz CT molecular complexity index is 1210. The zero-order valence-electron chi connectivity index (χ0n) is 18.9. The minimum Gasteiger partial charge on any atom is -0.508 e. The number of carbonyl (C=O) groups is 2. The van der Waals surface area contributed by atoms with Crippen molar-refractivity contribution in [3.63, 3.8) is 0 Å². The Hall–Kier alpha value is -4.01. The van der Waals surface area contributed by atoms with E-state index in [0.29, 0.717) is 42.0 Å². The van der Waals surface area contributed by atoms with Gasteiger partial charge in [-0.2, -0.15) is 0 Å². The number of aromatic hydroxyl groups is 1. The fourth-order valence-electron chi connectivity index (χ4n) is 4.13. The highest BCUT2D eigenvalue weighted by Crippen LogP contribution is 2.32. The summed E-state index contributed by atoms with van der Waals surface area (Å²) in [4.78, 5) is 40.2. The third kappa shape index (κ3) is 4.83. The van der Waals surface area contributed by atoms with Gasteiger partial charge in [0.05, 0.1) is 23.3 Å². The number of phenolic OH excluding ortho intramolecular Hbond substituents is 1. The molecule has 2 aromatic heterocycles. The molecule has 0 bridgehead atoms. The van der Waals surface area contributed by atoms with Crippen LogP contribution in [0.15, 0.2) is 48.9 Å². The van der Waals surface area contributed by atoms with Crippen molar-refractivity contribution in [2.45, 2.75) is 38.6 Å². The van der Waals surface area contributed by atoms with Gasteiger partial charge in [-0.3, -0.25) is 14.6 Å². The number of hydrogen-bond donors (Lipinski definition) is 3. The normalized spacial score (nSPS) is 18.0. The molecule has 0 spiro atoms. The molecule has 0 radical (unpaired) electrons. The van der Waals surface area contributed by atoms with Gasteiger partial charge in [-0.15, -0.1) is 0 Å².